The molecule has 1 fully saturated rings. The molecule has 2 heterocycles. The topological polar surface area (TPSA) is 72.5 Å². The molecule has 0 bridgehead atoms. The van der Waals surface area contributed by atoms with Gasteiger partial charge in [-0.15, -0.1) is 12.4 Å². The summed E-state index contributed by atoms with van der Waals surface area (Å²) in [6.45, 7) is 2.72. The number of hydrogen-bond acceptors (Lipinski definition) is 6. The summed E-state index contributed by atoms with van der Waals surface area (Å²) in [6, 6.07) is 8.21. The van der Waals surface area contributed by atoms with Gasteiger partial charge in [0, 0.05) is 12.1 Å². The fraction of sp³-hybridized carbons (Fsp3) is 0.348. The molecule has 1 unspecified atom stereocenters. The van der Waals surface area contributed by atoms with E-state index in [1.165, 1.54) is 0 Å². The summed E-state index contributed by atoms with van der Waals surface area (Å²) in [4.78, 5) is 9.49. The summed E-state index contributed by atoms with van der Waals surface area (Å²) in [7, 11) is 0. The third kappa shape index (κ3) is 6.55. The van der Waals surface area contributed by atoms with Crippen LogP contribution in [-0.4, -0.2) is 28.9 Å². The summed E-state index contributed by atoms with van der Waals surface area (Å²) >= 11 is 0. The van der Waals surface area contributed by atoms with E-state index in [0.717, 1.165) is 19.5 Å². The summed E-state index contributed by atoms with van der Waals surface area (Å²) in [5.74, 6) is 1.20. The second-order valence-electron chi connectivity index (χ2n) is 8.09. The van der Waals surface area contributed by atoms with E-state index < -0.39 is 30.1 Å². The van der Waals surface area contributed by atoms with Gasteiger partial charge in [0.05, 0.1) is 22.8 Å². The number of nitrogens with zero attached hydrogens (tertiary/aromatic N) is 3. The van der Waals surface area contributed by atoms with Gasteiger partial charge in [-0.2, -0.15) is 31.3 Å². The molecule has 3 aromatic rings. The van der Waals surface area contributed by atoms with Gasteiger partial charge < -0.3 is 14.7 Å². The number of halogens is 7. The monoisotopic (exact) mass is 534 g/mol. The van der Waals surface area contributed by atoms with Crippen molar-refractivity contribution in [3.8, 4) is 11.4 Å². The van der Waals surface area contributed by atoms with Crippen molar-refractivity contribution in [3.05, 3.63) is 70.6 Å². The molecule has 4 rings (SSSR count). The maximum atomic E-state index is 13.0. The average molecular weight is 535 g/mol. The molecule has 0 radical (unpaired) electrons. The van der Waals surface area contributed by atoms with Crippen molar-refractivity contribution < 1.29 is 35.7 Å². The van der Waals surface area contributed by atoms with Crippen LogP contribution in [0.1, 0.15) is 47.4 Å². The minimum Gasteiger partial charge on any atom is -0.391 e. The largest absolute Gasteiger partial charge is 0.416 e. The molecule has 1 saturated heterocycles. The highest BCUT2D eigenvalue weighted by Gasteiger charge is 2.37. The first-order valence-electron chi connectivity index (χ1n) is 10.6. The standard InChI is InChI=1S/C23H20F6N4O2.ClH/c1-13(32-34-12-14-8-18(22(24,25)26)10-19(9-14)23(27,28)29)15-2-4-16(5-3-15)20-31-21(35-33-20)17-6-7-30-11-17;/h2-5,8-10,17,30H,6-7,11-12H2,1H3;1H. The van der Waals surface area contributed by atoms with E-state index in [1.807, 2.05) is 0 Å². The Labute approximate surface area is 208 Å². The van der Waals surface area contributed by atoms with E-state index in [4.69, 9.17) is 9.36 Å². The van der Waals surface area contributed by atoms with E-state index in [0.29, 0.717) is 40.7 Å². The SMILES string of the molecule is CC(=NOCc1cc(C(F)(F)F)cc(C(F)(F)F)c1)c1ccc(-c2noc(C3CCNC3)n2)cc1.Cl. The molecule has 194 valence electrons. The number of nitrogens with one attached hydrogen (secondary N) is 1. The van der Waals surface area contributed by atoms with E-state index >= 15 is 0 Å². The number of benzene rings is 2. The smallest absolute Gasteiger partial charge is 0.391 e. The first-order chi connectivity index (χ1) is 16.5. The van der Waals surface area contributed by atoms with Crippen LogP contribution in [0.5, 0.6) is 0 Å². The van der Waals surface area contributed by atoms with E-state index in [9.17, 15) is 26.3 Å². The van der Waals surface area contributed by atoms with Crippen LogP contribution in [-0.2, 0) is 23.8 Å². The molecule has 36 heavy (non-hydrogen) atoms. The van der Waals surface area contributed by atoms with Crippen LogP contribution in [0.25, 0.3) is 11.4 Å². The molecular weight excluding hydrogens is 514 g/mol. The number of alkyl halides is 6. The van der Waals surface area contributed by atoms with Gasteiger partial charge in [0.15, 0.2) is 0 Å². The molecule has 1 atom stereocenters. The lowest BCUT2D eigenvalue weighted by Crippen LogP contribution is -2.12. The van der Waals surface area contributed by atoms with Crippen LogP contribution < -0.4 is 5.32 Å². The van der Waals surface area contributed by atoms with Crippen LogP contribution in [0, 0.1) is 0 Å². The van der Waals surface area contributed by atoms with Crippen molar-refractivity contribution in [1.29, 1.82) is 0 Å². The normalized spacial score (nSPS) is 16.6. The minimum atomic E-state index is -4.93. The maximum Gasteiger partial charge on any atom is 0.416 e. The van der Waals surface area contributed by atoms with E-state index in [2.05, 4.69) is 20.6 Å². The Morgan fingerprint density at radius 1 is 1.06 bits per heavy atom. The average Bonchev–Trinajstić information content (AvgIpc) is 3.50. The van der Waals surface area contributed by atoms with Crippen molar-refractivity contribution >= 4 is 18.1 Å². The van der Waals surface area contributed by atoms with Gasteiger partial charge in [0.1, 0.15) is 6.61 Å². The minimum absolute atomic E-state index is 0. The molecule has 13 heteroatoms. The van der Waals surface area contributed by atoms with Crippen molar-refractivity contribution in [2.45, 2.75) is 38.2 Å². The molecule has 0 amide bonds. The third-order valence-corrected chi connectivity index (χ3v) is 5.49. The fourth-order valence-corrected chi connectivity index (χ4v) is 3.60. The Balaban J connectivity index is 0.00000361. The van der Waals surface area contributed by atoms with E-state index in [1.54, 1.807) is 31.2 Å². The Morgan fingerprint density at radius 2 is 1.69 bits per heavy atom. The Kier molecular flexibility index (Phi) is 8.29. The zero-order chi connectivity index (χ0) is 25.2. The summed E-state index contributed by atoms with van der Waals surface area (Å²) in [6.07, 6.45) is -8.93. The maximum absolute atomic E-state index is 13.0. The zero-order valence-electron chi connectivity index (χ0n) is 18.8. The summed E-state index contributed by atoms with van der Waals surface area (Å²) in [5, 5.41) is 11.1. The lowest BCUT2D eigenvalue weighted by molar-refractivity contribution is -0.143. The van der Waals surface area contributed by atoms with Gasteiger partial charge in [-0.3, -0.25) is 0 Å². The van der Waals surface area contributed by atoms with Crippen molar-refractivity contribution in [2.24, 2.45) is 5.16 Å². The van der Waals surface area contributed by atoms with Crippen LogP contribution in [0.4, 0.5) is 26.3 Å². The molecule has 0 spiro atoms. The molecule has 6 nitrogen and oxygen atoms in total. The van der Waals surface area contributed by atoms with Gasteiger partial charge in [0.25, 0.3) is 0 Å². The first-order valence-corrected chi connectivity index (χ1v) is 10.6. The molecule has 1 aliphatic heterocycles. The van der Waals surface area contributed by atoms with E-state index in [-0.39, 0.29) is 30.0 Å². The molecule has 1 aliphatic rings. The van der Waals surface area contributed by atoms with Gasteiger partial charge in [-0.25, -0.2) is 0 Å². The molecule has 1 aromatic heterocycles. The zero-order valence-corrected chi connectivity index (χ0v) is 19.6. The van der Waals surface area contributed by atoms with Crippen LogP contribution in [0.3, 0.4) is 0 Å². The predicted octanol–water partition coefficient (Wildman–Crippen LogP) is 6.21. The van der Waals surface area contributed by atoms with Crippen molar-refractivity contribution in [3.63, 3.8) is 0 Å². The highest BCUT2D eigenvalue weighted by atomic mass is 35.5. The highest BCUT2D eigenvalue weighted by Crippen LogP contribution is 2.36. The van der Waals surface area contributed by atoms with Gasteiger partial charge in [0.2, 0.25) is 11.7 Å². The van der Waals surface area contributed by atoms with Crippen LogP contribution >= 0.6 is 12.4 Å². The number of rotatable bonds is 6. The fourth-order valence-electron chi connectivity index (χ4n) is 3.60. The number of oxime groups is 1. The third-order valence-electron chi connectivity index (χ3n) is 5.49. The van der Waals surface area contributed by atoms with Gasteiger partial charge in [-0.05, 0) is 49.2 Å². The number of hydrogen-bond donors (Lipinski definition) is 1. The lowest BCUT2D eigenvalue weighted by Gasteiger charge is -2.13. The molecular formula is C23H21ClF6N4O2. The Bertz CT molecular complexity index is 1170. The van der Waals surface area contributed by atoms with Crippen molar-refractivity contribution in [2.75, 3.05) is 13.1 Å². The van der Waals surface area contributed by atoms with Gasteiger partial charge in [-0.1, -0.05) is 34.6 Å². The molecule has 1 N–H and O–H groups in total. The molecule has 0 aliphatic carbocycles. The molecule has 2 aromatic carbocycles. The summed E-state index contributed by atoms with van der Waals surface area (Å²) in [5.41, 5.74) is -1.38. The summed E-state index contributed by atoms with van der Waals surface area (Å²) < 4.78 is 83.3. The predicted molar refractivity (Wildman–Crippen MR) is 121 cm³/mol. The highest BCUT2D eigenvalue weighted by molar-refractivity contribution is 5.98. The van der Waals surface area contributed by atoms with Gasteiger partial charge >= 0.3 is 12.4 Å². The van der Waals surface area contributed by atoms with Crippen LogP contribution in [0.15, 0.2) is 52.1 Å². The Morgan fingerprint density at radius 3 is 2.25 bits per heavy atom. The first kappa shape index (κ1) is 27.5. The number of aromatic nitrogens is 2. The van der Waals surface area contributed by atoms with Crippen molar-refractivity contribution in [1.82, 2.24) is 15.5 Å². The second kappa shape index (κ2) is 10.9. The van der Waals surface area contributed by atoms with Crippen LogP contribution in [0.2, 0.25) is 0 Å². The Hall–Kier alpha value is -3.12. The quantitative estimate of drug-likeness (QED) is 0.231. The molecule has 0 saturated carbocycles. The second-order valence-corrected chi connectivity index (χ2v) is 8.09. The lowest BCUT2D eigenvalue weighted by atomic mass is 10.1.